The van der Waals surface area contributed by atoms with Crippen LogP contribution in [0.2, 0.25) is 0 Å². The number of H-pyrrole nitrogens is 1. The molecule has 1 atom stereocenters. The Morgan fingerprint density at radius 3 is 2.52 bits per heavy atom. The van der Waals surface area contributed by atoms with Gasteiger partial charge in [0.05, 0.1) is 30.2 Å². The van der Waals surface area contributed by atoms with Gasteiger partial charge in [-0.05, 0) is 74.6 Å². The van der Waals surface area contributed by atoms with E-state index in [0.717, 1.165) is 87.1 Å². The number of imidazole rings is 1. The summed E-state index contributed by atoms with van der Waals surface area (Å²) in [7, 11) is 0. The standard InChI is InChI=1S/C32H43N3O5/c1-21(2)16-25(32(37)40-27-10-14-39-15-11-27)6-4-23-5-7-29-28(18-23)34-30(26-17-22(3)31(36)33-19-26)35(29)20-24-8-12-38-13-9-24/h5,7,17-19,21,24-25,27H,4,6,8-16,20H2,1-3H3,(H,33,36)/t25-/m0/s1. The van der Waals surface area contributed by atoms with Gasteiger partial charge in [0.25, 0.3) is 5.56 Å². The Bertz CT molecular complexity index is 1350. The van der Waals surface area contributed by atoms with E-state index in [1.807, 2.05) is 13.0 Å². The maximum atomic E-state index is 13.1. The molecule has 0 bridgehead atoms. The maximum Gasteiger partial charge on any atom is 0.309 e. The average molecular weight is 550 g/mol. The van der Waals surface area contributed by atoms with Crippen molar-refractivity contribution in [1.82, 2.24) is 14.5 Å². The van der Waals surface area contributed by atoms with Crippen molar-refractivity contribution in [3.8, 4) is 11.4 Å². The highest BCUT2D eigenvalue weighted by molar-refractivity contribution is 5.81. The molecule has 2 aliphatic heterocycles. The number of nitrogens with zero attached hydrogens (tertiary/aromatic N) is 2. The number of ether oxygens (including phenoxy) is 3. The van der Waals surface area contributed by atoms with Crippen LogP contribution in [-0.4, -0.2) is 53.0 Å². The maximum absolute atomic E-state index is 13.1. The number of nitrogens with one attached hydrogen (secondary N) is 1. The van der Waals surface area contributed by atoms with Crippen LogP contribution in [0, 0.1) is 24.7 Å². The summed E-state index contributed by atoms with van der Waals surface area (Å²) >= 11 is 0. The van der Waals surface area contributed by atoms with Gasteiger partial charge in [0, 0.05) is 49.9 Å². The lowest BCUT2D eigenvalue weighted by Crippen LogP contribution is -2.30. The zero-order valence-electron chi connectivity index (χ0n) is 24.1. The number of fused-ring (bicyclic) bond motifs is 1. The molecule has 2 fully saturated rings. The summed E-state index contributed by atoms with van der Waals surface area (Å²) in [6, 6.07) is 8.41. The molecule has 3 aromatic rings. The van der Waals surface area contributed by atoms with Crippen LogP contribution >= 0.6 is 0 Å². The minimum Gasteiger partial charge on any atom is -0.462 e. The van der Waals surface area contributed by atoms with E-state index >= 15 is 0 Å². The van der Waals surface area contributed by atoms with E-state index in [1.54, 1.807) is 6.20 Å². The minimum absolute atomic E-state index is 0.0260. The number of carbonyl (C=O) groups excluding carboxylic acids is 1. The van der Waals surface area contributed by atoms with Gasteiger partial charge in [0.1, 0.15) is 11.9 Å². The molecule has 4 heterocycles. The lowest BCUT2D eigenvalue weighted by molar-refractivity contribution is -0.159. The third kappa shape index (κ3) is 7.02. The Labute approximate surface area is 236 Å². The molecular weight excluding hydrogens is 506 g/mol. The molecule has 0 amide bonds. The molecule has 0 radical (unpaired) electrons. The molecule has 8 heteroatoms. The van der Waals surface area contributed by atoms with Gasteiger partial charge in [0.2, 0.25) is 0 Å². The van der Waals surface area contributed by atoms with Crippen molar-refractivity contribution in [2.24, 2.45) is 17.8 Å². The first-order valence-electron chi connectivity index (χ1n) is 14.9. The largest absolute Gasteiger partial charge is 0.462 e. The molecule has 0 aliphatic carbocycles. The van der Waals surface area contributed by atoms with E-state index in [9.17, 15) is 9.59 Å². The van der Waals surface area contributed by atoms with Crippen LogP contribution in [0.15, 0.2) is 35.3 Å². The van der Waals surface area contributed by atoms with Crippen molar-refractivity contribution in [2.75, 3.05) is 26.4 Å². The summed E-state index contributed by atoms with van der Waals surface area (Å²) in [5.41, 5.74) is 4.70. The number of aryl methyl sites for hydroxylation is 2. The van der Waals surface area contributed by atoms with E-state index in [-0.39, 0.29) is 23.6 Å². The zero-order valence-corrected chi connectivity index (χ0v) is 24.1. The molecule has 0 saturated carbocycles. The Balaban J connectivity index is 1.37. The van der Waals surface area contributed by atoms with Gasteiger partial charge in [-0.15, -0.1) is 0 Å². The summed E-state index contributed by atoms with van der Waals surface area (Å²) in [4.78, 5) is 33.1. The van der Waals surface area contributed by atoms with E-state index in [2.05, 4.69) is 41.6 Å². The number of hydrogen-bond acceptors (Lipinski definition) is 6. The summed E-state index contributed by atoms with van der Waals surface area (Å²) in [5, 5.41) is 0. The molecular formula is C32H43N3O5. The van der Waals surface area contributed by atoms with Crippen molar-refractivity contribution in [3.05, 3.63) is 51.9 Å². The molecule has 0 unspecified atom stereocenters. The normalized spacial score (nSPS) is 17.9. The first-order chi connectivity index (χ1) is 19.4. The van der Waals surface area contributed by atoms with Crippen LogP contribution in [0.3, 0.4) is 0 Å². The topological polar surface area (TPSA) is 95.4 Å². The zero-order chi connectivity index (χ0) is 28.1. The second kappa shape index (κ2) is 13.1. The Kier molecular flexibility index (Phi) is 9.37. The monoisotopic (exact) mass is 549 g/mol. The van der Waals surface area contributed by atoms with Crippen molar-refractivity contribution in [3.63, 3.8) is 0 Å². The quantitative estimate of drug-likeness (QED) is 0.338. The smallest absolute Gasteiger partial charge is 0.309 e. The van der Waals surface area contributed by atoms with Gasteiger partial charge in [-0.1, -0.05) is 19.9 Å². The molecule has 5 rings (SSSR count). The molecule has 216 valence electrons. The van der Waals surface area contributed by atoms with Crippen LogP contribution in [0.4, 0.5) is 0 Å². The molecule has 8 nitrogen and oxygen atoms in total. The van der Waals surface area contributed by atoms with Crippen LogP contribution in [-0.2, 0) is 32.0 Å². The van der Waals surface area contributed by atoms with E-state index in [4.69, 9.17) is 19.2 Å². The fourth-order valence-electron chi connectivity index (χ4n) is 5.95. The van der Waals surface area contributed by atoms with Crippen LogP contribution in [0.1, 0.15) is 63.5 Å². The number of aromatic nitrogens is 3. The second-order valence-corrected chi connectivity index (χ2v) is 11.9. The van der Waals surface area contributed by atoms with Crippen molar-refractivity contribution in [2.45, 2.75) is 78.4 Å². The Morgan fingerprint density at radius 1 is 1.10 bits per heavy atom. The van der Waals surface area contributed by atoms with Crippen LogP contribution in [0.25, 0.3) is 22.4 Å². The van der Waals surface area contributed by atoms with E-state index in [1.165, 1.54) is 5.56 Å². The SMILES string of the molecule is Cc1cc(-c2nc3cc(CC[C@@H](CC(C)C)C(=O)OC4CCOCC4)ccc3n2CC2CCOCC2)c[nH]c1=O. The molecule has 2 aromatic heterocycles. The summed E-state index contributed by atoms with van der Waals surface area (Å²) in [6.07, 6.45) is 7.72. The molecule has 2 saturated heterocycles. The molecule has 1 N–H and O–H groups in total. The van der Waals surface area contributed by atoms with E-state index < -0.39 is 0 Å². The fraction of sp³-hybridized carbons (Fsp3) is 0.594. The van der Waals surface area contributed by atoms with Gasteiger partial charge < -0.3 is 23.8 Å². The number of pyridine rings is 1. The number of aromatic amines is 1. The van der Waals surface area contributed by atoms with Gasteiger partial charge in [-0.2, -0.15) is 0 Å². The highest BCUT2D eigenvalue weighted by Crippen LogP contribution is 2.30. The highest BCUT2D eigenvalue weighted by Gasteiger charge is 2.26. The molecule has 0 spiro atoms. The predicted octanol–water partition coefficient (Wildman–Crippen LogP) is 5.44. The van der Waals surface area contributed by atoms with Crippen molar-refractivity contribution >= 4 is 17.0 Å². The van der Waals surface area contributed by atoms with Crippen LogP contribution < -0.4 is 5.56 Å². The fourth-order valence-corrected chi connectivity index (χ4v) is 5.95. The van der Waals surface area contributed by atoms with Gasteiger partial charge in [-0.3, -0.25) is 9.59 Å². The summed E-state index contributed by atoms with van der Waals surface area (Å²) < 4.78 is 19.2. The lowest BCUT2D eigenvalue weighted by Gasteiger charge is -2.25. The molecule has 1 aromatic carbocycles. The van der Waals surface area contributed by atoms with Gasteiger partial charge >= 0.3 is 5.97 Å². The number of hydrogen-bond donors (Lipinski definition) is 1. The lowest BCUT2D eigenvalue weighted by atomic mass is 9.91. The molecule has 2 aliphatic rings. The number of rotatable bonds is 10. The van der Waals surface area contributed by atoms with Crippen LogP contribution in [0.5, 0.6) is 0 Å². The summed E-state index contributed by atoms with van der Waals surface area (Å²) in [6.45, 7) is 9.92. The molecule has 40 heavy (non-hydrogen) atoms. The van der Waals surface area contributed by atoms with E-state index in [0.29, 0.717) is 30.6 Å². The number of benzene rings is 1. The Morgan fingerprint density at radius 2 is 1.82 bits per heavy atom. The predicted molar refractivity (Wildman–Crippen MR) is 155 cm³/mol. The Hall–Kier alpha value is -2.97. The highest BCUT2D eigenvalue weighted by atomic mass is 16.6. The second-order valence-electron chi connectivity index (χ2n) is 11.9. The third-order valence-electron chi connectivity index (χ3n) is 8.26. The third-order valence-corrected chi connectivity index (χ3v) is 8.26. The average Bonchev–Trinajstić information content (AvgIpc) is 3.30. The van der Waals surface area contributed by atoms with Gasteiger partial charge in [0.15, 0.2) is 0 Å². The van der Waals surface area contributed by atoms with Crippen molar-refractivity contribution in [1.29, 1.82) is 0 Å². The first kappa shape index (κ1) is 28.6. The van der Waals surface area contributed by atoms with Crippen molar-refractivity contribution < 1.29 is 19.0 Å². The van der Waals surface area contributed by atoms with Gasteiger partial charge in [-0.25, -0.2) is 4.98 Å². The number of carbonyl (C=O) groups is 1. The minimum atomic E-state index is -0.121. The first-order valence-corrected chi connectivity index (χ1v) is 14.9. The summed E-state index contributed by atoms with van der Waals surface area (Å²) in [5.74, 6) is 1.61. The number of esters is 1.